The Bertz CT molecular complexity index is 328. The van der Waals surface area contributed by atoms with Gasteiger partial charge in [0.2, 0.25) is 0 Å². The number of nitrogens with two attached hydrogens (primary N) is 1. The molecule has 0 unspecified atom stereocenters. The van der Waals surface area contributed by atoms with Crippen LogP contribution in [-0.4, -0.2) is 25.3 Å². The van der Waals surface area contributed by atoms with E-state index in [-0.39, 0.29) is 18.5 Å². The number of aliphatic hydroxyl groups is 1. The van der Waals surface area contributed by atoms with E-state index in [1.807, 2.05) is 6.92 Å². The molecule has 0 heterocycles. The molecule has 15 heavy (non-hydrogen) atoms. The van der Waals surface area contributed by atoms with E-state index in [4.69, 9.17) is 10.8 Å². The lowest BCUT2D eigenvalue weighted by Gasteiger charge is -2.19. The van der Waals surface area contributed by atoms with Crippen LogP contribution in [0.4, 0.5) is 10.1 Å². The second-order valence-electron chi connectivity index (χ2n) is 3.64. The maximum Gasteiger partial charge on any atom is 0.146 e. The summed E-state index contributed by atoms with van der Waals surface area (Å²) in [6, 6.07) is 4.76. The van der Waals surface area contributed by atoms with Gasteiger partial charge in [0.15, 0.2) is 0 Å². The minimum absolute atomic E-state index is 0.00494. The molecule has 3 N–H and O–H groups in total. The van der Waals surface area contributed by atoms with Crippen molar-refractivity contribution < 1.29 is 9.50 Å². The van der Waals surface area contributed by atoms with Crippen LogP contribution in [0.5, 0.6) is 0 Å². The van der Waals surface area contributed by atoms with E-state index in [9.17, 15) is 4.39 Å². The van der Waals surface area contributed by atoms with Crippen LogP contribution in [0.1, 0.15) is 18.5 Å². The monoisotopic (exact) mass is 212 g/mol. The molecule has 0 aliphatic heterocycles. The Kier molecular flexibility index (Phi) is 4.05. The minimum Gasteiger partial charge on any atom is -0.395 e. The van der Waals surface area contributed by atoms with Crippen molar-refractivity contribution in [1.29, 1.82) is 0 Å². The smallest absolute Gasteiger partial charge is 0.146 e. The highest BCUT2D eigenvalue weighted by molar-refractivity contribution is 5.48. The number of halogens is 1. The summed E-state index contributed by atoms with van der Waals surface area (Å²) in [5, 5.41) is 8.75. The Morgan fingerprint density at radius 3 is 2.67 bits per heavy atom. The van der Waals surface area contributed by atoms with Gasteiger partial charge in [-0.1, -0.05) is 6.07 Å². The highest BCUT2D eigenvalue weighted by Gasteiger charge is 2.09. The van der Waals surface area contributed by atoms with E-state index in [2.05, 4.69) is 0 Å². The van der Waals surface area contributed by atoms with Crippen molar-refractivity contribution in [3.63, 3.8) is 0 Å². The Hall–Kier alpha value is -1.13. The molecule has 1 atom stereocenters. The number of likely N-dealkylation sites (N-methyl/N-ethyl adjacent to an activating group) is 1. The Labute approximate surface area is 89.3 Å². The highest BCUT2D eigenvalue weighted by atomic mass is 19.1. The van der Waals surface area contributed by atoms with Gasteiger partial charge in [-0.3, -0.25) is 0 Å². The van der Waals surface area contributed by atoms with Gasteiger partial charge in [-0.05, 0) is 24.6 Å². The molecule has 1 aromatic carbocycles. The van der Waals surface area contributed by atoms with Crippen molar-refractivity contribution in [3.8, 4) is 0 Å². The summed E-state index contributed by atoms with van der Waals surface area (Å²) < 4.78 is 13.6. The van der Waals surface area contributed by atoms with E-state index < -0.39 is 0 Å². The molecule has 1 aromatic rings. The highest BCUT2D eigenvalue weighted by Crippen LogP contribution is 2.21. The summed E-state index contributed by atoms with van der Waals surface area (Å²) in [7, 11) is 1.74. The molecule has 0 saturated carbocycles. The van der Waals surface area contributed by atoms with Gasteiger partial charge >= 0.3 is 0 Å². The van der Waals surface area contributed by atoms with Crippen LogP contribution in [0.15, 0.2) is 18.2 Å². The predicted octanol–water partition coefficient (Wildman–Crippen LogP) is 1.27. The fourth-order valence-electron chi connectivity index (χ4n) is 1.39. The van der Waals surface area contributed by atoms with Crippen molar-refractivity contribution in [3.05, 3.63) is 29.6 Å². The van der Waals surface area contributed by atoms with Crippen molar-refractivity contribution in [2.24, 2.45) is 5.73 Å². The molecule has 0 saturated heterocycles. The molecule has 0 aliphatic carbocycles. The van der Waals surface area contributed by atoms with Crippen LogP contribution in [0, 0.1) is 5.82 Å². The van der Waals surface area contributed by atoms with Crippen LogP contribution >= 0.6 is 0 Å². The van der Waals surface area contributed by atoms with E-state index in [0.29, 0.717) is 12.2 Å². The second-order valence-corrected chi connectivity index (χ2v) is 3.64. The first kappa shape index (κ1) is 11.9. The molecular weight excluding hydrogens is 195 g/mol. The number of benzene rings is 1. The lowest BCUT2D eigenvalue weighted by molar-refractivity contribution is 0.304. The quantitative estimate of drug-likeness (QED) is 0.790. The van der Waals surface area contributed by atoms with Crippen LogP contribution in [-0.2, 0) is 0 Å². The zero-order valence-electron chi connectivity index (χ0n) is 9.07. The van der Waals surface area contributed by atoms with Crippen molar-refractivity contribution in [1.82, 2.24) is 0 Å². The molecular formula is C11H17FN2O. The lowest BCUT2D eigenvalue weighted by atomic mass is 10.1. The average molecular weight is 212 g/mol. The number of hydrogen-bond donors (Lipinski definition) is 2. The van der Waals surface area contributed by atoms with E-state index in [0.717, 1.165) is 5.56 Å². The van der Waals surface area contributed by atoms with Gasteiger partial charge in [-0.25, -0.2) is 4.39 Å². The molecule has 84 valence electrons. The second kappa shape index (κ2) is 5.09. The number of anilines is 1. The molecule has 0 aromatic heterocycles. The minimum atomic E-state index is -0.305. The molecule has 4 heteroatoms. The largest absolute Gasteiger partial charge is 0.395 e. The van der Waals surface area contributed by atoms with E-state index >= 15 is 0 Å². The fourth-order valence-corrected chi connectivity index (χ4v) is 1.39. The summed E-state index contributed by atoms with van der Waals surface area (Å²) in [4.78, 5) is 1.67. The summed E-state index contributed by atoms with van der Waals surface area (Å²) in [6.07, 6.45) is 0. The van der Waals surface area contributed by atoms with Crippen molar-refractivity contribution >= 4 is 5.69 Å². The maximum atomic E-state index is 13.6. The fraction of sp³-hybridized carbons (Fsp3) is 0.455. The summed E-state index contributed by atoms with van der Waals surface area (Å²) in [5.41, 5.74) is 6.90. The molecule has 0 spiro atoms. The summed E-state index contributed by atoms with van der Waals surface area (Å²) >= 11 is 0. The molecule has 3 nitrogen and oxygen atoms in total. The average Bonchev–Trinajstić information content (AvgIpc) is 2.17. The van der Waals surface area contributed by atoms with Gasteiger partial charge in [0, 0.05) is 19.6 Å². The summed E-state index contributed by atoms with van der Waals surface area (Å²) in [5.74, 6) is -0.305. The number of nitrogens with zero attached hydrogens (tertiary/aromatic N) is 1. The SMILES string of the molecule is C[C@H](N)c1ccc(N(C)CCO)c(F)c1. The Balaban J connectivity index is 2.92. The van der Waals surface area contributed by atoms with Crippen LogP contribution < -0.4 is 10.6 Å². The first-order chi connectivity index (χ1) is 7.06. The number of hydrogen-bond acceptors (Lipinski definition) is 3. The van der Waals surface area contributed by atoms with Gasteiger partial charge in [0.05, 0.1) is 12.3 Å². The maximum absolute atomic E-state index is 13.6. The van der Waals surface area contributed by atoms with Crippen molar-refractivity contribution in [2.75, 3.05) is 25.1 Å². The van der Waals surface area contributed by atoms with Gasteiger partial charge < -0.3 is 15.7 Å². The molecule has 0 bridgehead atoms. The Morgan fingerprint density at radius 2 is 2.20 bits per heavy atom. The van der Waals surface area contributed by atoms with E-state index in [1.165, 1.54) is 6.07 Å². The first-order valence-electron chi connectivity index (χ1n) is 4.93. The number of aliphatic hydroxyl groups excluding tert-OH is 1. The van der Waals surface area contributed by atoms with Crippen molar-refractivity contribution in [2.45, 2.75) is 13.0 Å². The van der Waals surface area contributed by atoms with E-state index in [1.54, 1.807) is 24.1 Å². The van der Waals surface area contributed by atoms with Gasteiger partial charge in [0.25, 0.3) is 0 Å². The Morgan fingerprint density at radius 1 is 1.53 bits per heavy atom. The third-order valence-corrected chi connectivity index (χ3v) is 2.34. The number of rotatable bonds is 4. The normalized spacial score (nSPS) is 12.6. The third kappa shape index (κ3) is 2.91. The van der Waals surface area contributed by atoms with Crippen LogP contribution in [0.2, 0.25) is 0 Å². The molecule has 0 amide bonds. The van der Waals surface area contributed by atoms with Gasteiger partial charge in [0.1, 0.15) is 5.82 Å². The third-order valence-electron chi connectivity index (χ3n) is 2.34. The van der Waals surface area contributed by atoms with Gasteiger partial charge in [-0.15, -0.1) is 0 Å². The predicted molar refractivity (Wildman–Crippen MR) is 59.4 cm³/mol. The lowest BCUT2D eigenvalue weighted by Crippen LogP contribution is -2.22. The molecule has 0 aliphatic rings. The van der Waals surface area contributed by atoms with Gasteiger partial charge in [-0.2, -0.15) is 0 Å². The topological polar surface area (TPSA) is 49.5 Å². The summed E-state index contributed by atoms with van der Waals surface area (Å²) in [6.45, 7) is 2.23. The van der Waals surface area contributed by atoms with Crippen LogP contribution in [0.25, 0.3) is 0 Å². The molecule has 0 radical (unpaired) electrons. The zero-order chi connectivity index (χ0) is 11.4. The standard InChI is InChI=1S/C11H17FN2O/c1-8(13)9-3-4-11(10(12)7-9)14(2)5-6-15/h3-4,7-8,15H,5-6,13H2,1-2H3/t8-/m0/s1. The molecule has 0 fully saturated rings. The first-order valence-corrected chi connectivity index (χ1v) is 4.93. The molecule has 1 rings (SSSR count). The van der Waals surface area contributed by atoms with Crippen LogP contribution in [0.3, 0.4) is 0 Å². The zero-order valence-corrected chi connectivity index (χ0v) is 9.07.